The number of hydrogen-bond donors (Lipinski definition) is 4. The average molecular weight is 1180 g/mol. The lowest BCUT2D eigenvalue weighted by molar-refractivity contribution is 0.0814. The van der Waals surface area contributed by atoms with Crippen LogP contribution in [0.5, 0.6) is 11.5 Å². The van der Waals surface area contributed by atoms with E-state index < -0.39 is 27.8 Å². The molecule has 0 bridgehead atoms. The summed E-state index contributed by atoms with van der Waals surface area (Å²) < 4.78 is 49.1. The molecule has 2 aliphatic rings. The standard InChI is InChI=1S/C37H52FN7O3Si2.C25H24FN7O/c1-9-27-17-35(46)31(38)18-30(27)28-10-11-29-33(16-28)45(25-48-13-15-50(6,7)8)41-36(29)37-40-32-22-43(21-26-19-39-42(2)20-26)23-34(32)44(37)24-47-12-14-49(3,4)5;1-3-15-7-23(34)19(26)8-18(15)16-4-5-17-20(6-16)30-31-24(17)25-28-21-12-33(13-22(21)29-25)11-14-9-27-32(2)10-14/h10-11,16-20,46H,9,12-15,21-25H2,1-8H3;4-10,34H,3,11-13H2,1-2H3,(H,28,29)(H,30,31). The first-order chi connectivity index (χ1) is 40.2. The maximum atomic E-state index is 14.7. The minimum atomic E-state index is -1.28. The van der Waals surface area contributed by atoms with Gasteiger partial charge in [-0.2, -0.15) is 20.4 Å². The predicted octanol–water partition coefficient (Wildman–Crippen LogP) is 12.1. The lowest BCUT2D eigenvalue weighted by atomic mass is 9.96. The minimum Gasteiger partial charge on any atom is -0.505 e. The van der Waals surface area contributed by atoms with E-state index in [-0.39, 0.29) is 11.5 Å². The summed E-state index contributed by atoms with van der Waals surface area (Å²) in [5.41, 5.74) is 15.0. The number of aromatic nitrogens is 12. The number of fused-ring (bicyclic) bond motifs is 4. The molecule has 0 fully saturated rings. The number of phenolic OH excluding ortho intramolecular Hbond substituents is 2. The molecule has 4 N–H and O–H groups in total. The molecule has 10 aromatic rings. The van der Waals surface area contributed by atoms with E-state index in [1.54, 1.807) is 0 Å². The third-order valence-electron chi connectivity index (χ3n) is 15.8. The van der Waals surface area contributed by atoms with Gasteiger partial charge in [-0.3, -0.25) is 24.3 Å². The molecule has 0 spiro atoms. The smallest absolute Gasteiger partial charge is 0.165 e. The fourth-order valence-corrected chi connectivity index (χ4v) is 12.7. The number of rotatable bonds is 20. The second-order valence-electron chi connectivity index (χ2n) is 24.8. The Kier molecular flexibility index (Phi) is 16.5. The van der Waals surface area contributed by atoms with Crippen LogP contribution in [0.1, 0.15) is 58.9 Å². The zero-order chi connectivity index (χ0) is 59.2. The lowest BCUT2D eigenvalue weighted by Crippen LogP contribution is -2.22. The molecule has 18 nitrogen and oxygen atoms in total. The predicted molar refractivity (Wildman–Crippen MR) is 328 cm³/mol. The Morgan fingerprint density at radius 1 is 0.643 bits per heavy atom. The van der Waals surface area contributed by atoms with Crippen LogP contribution in [-0.2, 0) is 89.1 Å². The Balaban J connectivity index is 0.000000188. The molecule has 0 saturated carbocycles. The van der Waals surface area contributed by atoms with Gasteiger partial charge in [0.2, 0.25) is 0 Å². The maximum absolute atomic E-state index is 14.7. The summed E-state index contributed by atoms with van der Waals surface area (Å²) in [4.78, 5) is 18.2. The molecule has 8 heterocycles. The quantitative estimate of drug-likeness (QED) is 0.0417. The molecule has 0 unspecified atom stereocenters. The summed E-state index contributed by atoms with van der Waals surface area (Å²) in [6.45, 7) is 24.8. The van der Waals surface area contributed by atoms with Crippen LogP contribution in [0.15, 0.2) is 85.5 Å². The zero-order valence-electron chi connectivity index (χ0n) is 49.8. The maximum Gasteiger partial charge on any atom is 0.165 e. The summed E-state index contributed by atoms with van der Waals surface area (Å²) in [5.74, 6) is -0.386. The molecule has 0 aliphatic carbocycles. The SMILES string of the molecule is CCc1cc(O)c(F)cc1-c1ccc2c(-c3nc4c([nH]3)CN(Cc3cnn(C)c3)C4)n[nH]c2c1.CCc1cc(O)c(F)cc1-c1ccc2c(-c3nc4c(n3COCC[Si](C)(C)C)CN(Cc3cnn(C)c3)C4)nn(COCC[Si](C)(C)C)c2c1. The van der Waals surface area contributed by atoms with Crippen LogP contribution in [0.3, 0.4) is 0 Å². The van der Waals surface area contributed by atoms with E-state index >= 15 is 0 Å². The number of halogens is 2. The van der Waals surface area contributed by atoms with Crippen molar-refractivity contribution in [2.24, 2.45) is 14.1 Å². The monoisotopic (exact) mass is 1170 g/mol. The van der Waals surface area contributed by atoms with E-state index in [2.05, 4.69) is 97.4 Å². The first-order valence-corrected chi connectivity index (χ1v) is 36.3. The number of aryl methyl sites for hydroxylation is 4. The highest BCUT2D eigenvalue weighted by Gasteiger charge is 2.31. The third-order valence-corrected chi connectivity index (χ3v) is 19.2. The number of aromatic hydroxyl groups is 2. The molecule has 6 aromatic heterocycles. The van der Waals surface area contributed by atoms with Crippen LogP contribution in [0.2, 0.25) is 51.4 Å². The second-order valence-corrected chi connectivity index (χ2v) is 36.1. The van der Waals surface area contributed by atoms with E-state index in [0.717, 1.165) is 152 Å². The molecule has 0 radical (unpaired) electrons. The van der Waals surface area contributed by atoms with Crippen molar-refractivity contribution >= 4 is 38.0 Å². The Labute approximate surface area is 490 Å². The van der Waals surface area contributed by atoms with Gasteiger partial charge in [-0.15, -0.1) is 0 Å². The summed E-state index contributed by atoms with van der Waals surface area (Å²) in [5, 5.41) is 43.1. The molecule has 12 rings (SSSR count). The number of ether oxygens (including phenoxy) is 2. The fourth-order valence-electron chi connectivity index (χ4n) is 11.2. The average Bonchev–Trinajstić information content (AvgIpc) is 2.80. The van der Waals surface area contributed by atoms with Gasteiger partial charge in [0.05, 0.1) is 46.2 Å². The molecule has 2 aliphatic heterocycles. The van der Waals surface area contributed by atoms with E-state index in [9.17, 15) is 19.0 Å². The first kappa shape index (κ1) is 58.2. The summed E-state index contributed by atoms with van der Waals surface area (Å²) in [6.07, 6.45) is 9.25. The Bertz CT molecular complexity index is 3990. The van der Waals surface area contributed by atoms with Gasteiger partial charge in [-0.1, -0.05) is 65.3 Å². The van der Waals surface area contributed by atoms with Crippen LogP contribution in [0.4, 0.5) is 8.78 Å². The Hall–Kier alpha value is -7.61. The number of H-pyrrole nitrogens is 2. The molecule has 0 atom stereocenters. The van der Waals surface area contributed by atoms with E-state index in [1.807, 2.05) is 84.8 Å². The van der Waals surface area contributed by atoms with Gasteiger partial charge in [0.1, 0.15) is 24.8 Å². The highest BCUT2D eigenvalue weighted by atomic mass is 28.3. The number of phenols is 2. The molecule has 0 amide bonds. The van der Waals surface area contributed by atoms with Crippen molar-refractivity contribution in [3.63, 3.8) is 0 Å². The number of imidazole rings is 2. The number of benzene rings is 4. The van der Waals surface area contributed by atoms with Gasteiger partial charge >= 0.3 is 0 Å². The molecule has 84 heavy (non-hydrogen) atoms. The number of hydrogen-bond acceptors (Lipinski definition) is 12. The van der Waals surface area contributed by atoms with Gasteiger partial charge in [-0.05, 0) is 107 Å². The van der Waals surface area contributed by atoms with Crippen molar-refractivity contribution in [1.29, 1.82) is 0 Å². The van der Waals surface area contributed by atoms with Crippen molar-refractivity contribution < 1.29 is 28.5 Å². The van der Waals surface area contributed by atoms with Gasteiger partial charge in [0.25, 0.3) is 0 Å². The van der Waals surface area contributed by atoms with Crippen LogP contribution < -0.4 is 0 Å². The minimum absolute atomic E-state index is 0.293. The third kappa shape index (κ3) is 12.7. The normalized spacial score (nSPS) is 13.9. The van der Waals surface area contributed by atoms with Gasteiger partial charge < -0.3 is 29.2 Å². The van der Waals surface area contributed by atoms with Crippen molar-refractivity contribution in [2.75, 3.05) is 13.2 Å². The van der Waals surface area contributed by atoms with Crippen molar-refractivity contribution in [3.8, 4) is 56.8 Å². The van der Waals surface area contributed by atoms with Crippen LogP contribution in [-0.4, -0.2) is 108 Å². The number of nitrogens with zero attached hydrogens (tertiary/aromatic N) is 12. The van der Waals surface area contributed by atoms with Gasteiger partial charge in [0.15, 0.2) is 34.8 Å². The largest absolute Gasteiger partial charge is 0.505 e. The van der Waals surface area contributed by atoms with Crippen LogP contribution in [0, 0.1) is 11.6 Å². The Morgan fingerprint density at radius 3 is 1.79 bits per heavy atom. The topological polar surface area (TPSA) is 194 Å². The van der Waals surface area contributed by atoms with Gasteiger partial charge in [-0.25, -0.2) is 23.4 Å². The van der Waals surface area contributed by atoms with E-state index in [0.29, 0.717) is 39.5 Å². The lowest BCUT2D eigenvalue weighted by Gasteiger charge is -2.18. The highest BCUT2D eigenvalue weighted by molar-refractivity contribution is 6.76. The molecular formula is C62H76F2N14O4Si2. The van der Waals surface area contributed by atoms with Crippen molar-refractivity contribution in [3.05, 3.63) is 142 Å². The first-order valence-electron chi connectivity index (χ1n) is 28.9. The number of aromatic amines is 2. The summed E-state index contributed by atoms with van der Waals surface area (Å²) in [7, 11) is 1.32. The molecule has 440 valence electrons. The highest BCUT2D eigenvalue weighted by Crippen LogP contribution is 2.39. The molecule has 0 saturated heterocycles. The van der Waals surface area contributed by atoms with E-state index in [1.165, 1.54) is 35.4 Å². The van der Waals surface area contributed by atoms with Crippen molar-refractivity contribution in [2.45, 2.75) is 131 Å². The molecular weight excluding hydrogens is 1100 g/mol. The van der Waals surface area contributed by atoms with Gasteiger partial charge in [0, 0.05) is 117 Å². The summed E-state index contributed by atoms with van der Waals surface area (Å²) >= 11 is 0. The van der Waals surface area contributed by atoms with Crippen LogP contribution in [0.25, 0.3) is 67.1 Å². The molecule has 4 aromatic carbocycles. The molecule has 22 heteroatoms. The van der Waals surface area contributed by atoms with Crippen molar-refractivity contribution in [1.82, 2.24) is 68.9 Å². The zero-order valence-corrected chi connectivity index (χ0v) is 51.8. The second kappa shape index (κ2) is 23.8. The van der Waals surface area contributed by atoms with Crippen LogP contribution >= 0.6 is 0 Å². The summed E-state index contributed by atoms with van der Waals surface area (Å²) in [6, 6.07) is 20.0. The Morgan fingerprint density at radius 2 is 1.21 bits per heavy atom. The number of nitrogens with one attached hydrogen (secondary N) is 2. The van der Waals surface area contributed by atoms with E-state index in [4.69, 9.17) is 24.5 Å². The fraction of sp³-hybridized carbons (Fsp3) is 0.387.